The van der Waals surface area contributed by atoms with Gasteiger partial charge in [0.05, 0.1) is 12.5 Å². The van der Waals surface area contributed by atoms with E-state index in [4.69, 9.17) is 9.15 Å². The van der Waals surface area contributed by atoms with Gasteiger partial charge in [-0.1, -0.05) is 0 Å². The topological polar surface area (TPSA) is 38.5 Å². The van der Waals surface area contributed by atoms with Crippen LogP contribution in [0.5, 0.6) is 5.88 Å². The molecule has 6 rings (SSSR count). The highest BCUT2D eigenvalue weighted by atomic mass is 16.5. The lowest BCUT2D eigenvalue weighted by atomic mass is 9.81. The predicted molar refractivity (Wildman–Crippen MR) is 96.7 cm³/mol. The minimum absolute atomic E-state index is 0.232. The summed E-state index contributed by atoms with van der Waals surface area (Å²) in [6.07, 6.45) is 8.02. The first-order valence-electron chi connectivity index (χ1n) is 9.11. The molecule has 0 spiro atoms. The van der Waals surface area contributed by atoms with E-state index in [9.17, 15) is 0 Å². The minimum atomic E-state index is 0.232. The minimum Gasteiger partial charge on any atom is -0.472 e. The molecule has 2 bridgehead atoms. The van der Waals surface area contributed by atoms with Crippen LogP contribution in [0.25, 0.3) is 22.3 Å². The third-order valence-corrected chi connectivity index (χ3v) is 5.90. The maximum absolute atomic E-state index is 6.51. The van der Waals surface area contributed by atoms with Crippen molar-refractivity contribution in [2.75, 3.05) is 13.1 Å². The highest BCUT2D eigenvalue weighted by molar-refractivity contribution is 5.81. The van der Waals surface area contributed by atoms with Crippen LogP contribution in [0.3, 0.4) is 0 Å². The number of pyridine rings is 1. The normalized spacial score (nSPS) is 28.4. The number of piperidine rings is 3. The van der Waals surface area contributed by atoms with Gasteiger partial charge in [0.1, 0.15) is 6.10 Å². The summed E-state index contributed by atoms with van der Waals surface area (Å²) in [5.74, 6) is 1.40. The van der Waals surface area contributed by atoms with Crippen molar-refractivity contribution in [3.63, 3.8) is 0 Å². The van der Waals surface area contributed by atoms with Gasteiger partial charge in [-0.25, -0.2) is 4.98 Å². The summed E-state index contributed by atoms with van der Waals surface area (Å²) < 4.78 is 11.8. The third-order valence-electron chi connectivity index (χ3n) is 5.90. The molecule has 0 N–H and O–H groups in total. The quantitative estimate of drug-likeness (QED) is 0.715. The number of aromatic nitrogens is 1. The zero-order valence-electron chi connectivity index (χ0n) is 14.4. The molecule has 5 heterocycles. The Labute approximate surface area is 147 Å². The second-order valence-corrected chi connectivity index (χ2v) is 7.26. The van der Waals surface area contributed by atoms with E-state index in [0.717, 1.165) is 22.6 Å². The van der Waals surface area contributed by atoms with Gasteiger partial charge in [-0.05, 0) is 80.2 Å². The van der Waals surface area contributed by atoms with Crippen LogP contribution in [-0.4, -0.2) is 35.1 Å². The fourth-order valence-corrected chi connectivity index (χ4v) is 4.46. The van der Waals surface area contributed by atoms with E-state index in [2.05, 4.69) is 35.0 Å². The molecule has 4 nitrogen and oxygen atoms in total. The van der Waals surface area contributed by atoms with E-state index in [-0.39, 0.29) is 6.10 Å². The van der Waals surface area contributed by atoms with Crippen molar-refractivity contribution in [2.45, 2.75) is 31.9 Å². The molecule has 0 saturated carbocycles. The van der Waals surface area contributed by atoms with Gasteiger partial charge in [0.25, 0.3) is 0 Å². The van der Waals surface area contributed by atoms with Crippen molar-refractivity contribution in [1.82, 2.24) is 9.88 Å². The Balaban J connectivity index is 1.50. The van der Waals surface area contributed by atoms with Crippen molar-refractivity contribution >= 4 is 0 Å². The van der Waals surface area contributed by atoms with Crippen LogP contribution in [0.15, 0.2) is 53.5 Å². The van der Waals surface area contributed by atoms with Gasteiger partial charge in [0, 0.05) is 23.4 Å². The lowest BCUT2D eigenvalue weighted by molar-refractivity contribution is -0.0522. The standard InChI is InChI=1S/C21H22N2O2/c1-14-20(15-4-8-23(14)9-5-15)25-21-19(3-2-7-22-21)17-11-16-6-10-24-13-18(16)12-17/h2-3,6-7,10-15,20H,4-5,8-9H2,1H3. The molecule has 4 heteroatoms. The van der Waals surface area contributed by atoms with Crippen LogP contribution in [0.1, 0.15) is 19.8 Å². The van der Waals surface area contributed by atoms with Gasteiger partial charge in [-0.2, -0.15) is 0 Å². The maximum Gasteiger partial charge on any atom is 0.221 e. The number of hydrogen-bond acceptors (Lipinski definition) is 4. The Morgan fingerprint density at radius 2 is 1.96 bits per heavy atom. The number of nitrogens with zero attached hydrogens (tertiary/aromatic N) is 2. The van der Waals surface area contributed by atoms with Crippen molar-refractivity contribution in [2.24, 2.45) is 5.92 Å². The number of ether oxygens (including phenoxy) is 1. The summed E-state index contributed by atoms with van der Waals surface area (Å²) in [4.78, 5) is 7.12. The van der Waals surface area contributed by atoms with Crippen LogP contribution >= 0.6 is 0 Å². The van der Waals surface area contributed by atoms with E-state index in [1.54, 1.807) is 12.5 Å². The Morgan fingerprint density at radius 1 is 1.12 bits per heavy atom. The largest absolute Gasteiger partial charge is 0.472 e. The van der Waals surface area contributed by atoms with Crippen molar-refractivity contribution in [3.05, 3.63) is 49.1 Å². The molecular formula is C21H22N2O2. The molecule has 4 aliphatic heterocycles. The SMILES string of the molecule is CC1C(Oc2ncccc2-c2cc3ccocc-3c2)C2CCN1CC2. The summed E-state index contributed by atoms with van der Waals surface area (Å²) >= 11 is 0. The summed E-state index contributed by atoms with van der Waals surface area (Å²) in [5, 5.41) is 0. The van der Waals surface area contributed by atoms with Crippen LogP contribution < -0.4 is 4.74 Å². The van der Waals surface area contributed by atoms with E-state index in [1.807, 2.05) is 18.3 Å². The van der Waals surface area contributed by atoms with E-state index < -0.39 is 0 Å². The number of rotatable bonds is 3. The first kappa shape index (κ1) is 15.0. The number of hydrogen-bond donors (Lipinski definition) is 0. The second kappa shape index (κ2) is 5.88. The fourth-order valence-electron chi connectivity index (χ4n) is 4.46. The molecule has 0 radical (unpaired) electrons. The molecule has 1 aromatic rings. The molecular weight excluding hydrogens is 312 g/mol. The van der Waals surface area contributed by atoms with Gasteiger partial charge in [-0.15, -0.1) is 0 Å². The molecule has 0 aromatic carbocycles. The molecule has 1 aliphatic carbocycles. The highest BCUT2D eigenvalue weighted by Crippen LogP contribution is 2.39. The van der Waals surface area contributed by atoms with Gasteiger partial charge >= 0.3 is 0 Å². The molecule has 128 valence electrons. The zero-order valence-corrected chi connectivity index (χ0v) is 14.4. The van der Waals surface area contributed by atoms with Crippen molar-refractivity contribution in [1.29, 1.82) is 0 Å². The average molecular weight is 334 g/mol. The highest BCUT2D eigenvalue weighted by Gasteiger charge is 2.41. The molecule has 2 atom stereocenters. The van der Waals surface area contributed by atoms with Gasteiger partial charge in [-0.3, -0.25) is 4.90 Å². The van der Waals surface area contributed by atoms with Gasteiger partial charge < -0.3 is 9.15 Å². The van der Waals surface area contributed by atoms with Crippen LogP contribution in [-0.2, 0) is 0 Å². The Kier molecular flexibility index (Phi) is 3.52. The molecule has 1 aromatic heterocycles. The summed E-state index contributed by atoms with van der Waals surface area (Å²) in [6.45, 7) is 4.70. The maximum atomic E-state index is 6.51. The summed E-state index contributed by atoms with van der Waals surface area (Å²) in [5.41, 5.74) is 4.46. The molecule has 2 unspecified atom stereocenters. The van der Waals surface area contributed by atoms with Crippen LogP contribution in [0, 0.1) is 5.92 Å². The van der Waals surface area contributed by atoms with Gasteiger partial charge in [0.2, 0.25) is 5.88 Å². The Bertz CT molecular complexity index is 819. The monoisotopic (exact) mass is 334 g/mol. The predicted octanol–water partition coefficient (Wildman–Crippen LogP) is 4.31. The van der Waals surface area contributed by atoms with Crippen molar-refractivity contribution in [3.8, 4) is 28.1 Å². The van der Waals surface area contributed by atoms with E-state index in [0.29, 0.717) is 12.0 Å². The summed E-state index contributed by atoms with van der Waals surface area (Å²) in [7, 11) is 0. The van der Waals surface area contributed by atoms with Gasteiger partial charge in [0.15, 0.2) is 0 Å². The molecule has 5 aliphatic rings. The van der Waals surface area contributed by atoms with Crippen LogP contribution in [0.4, 0.5) is 0 Å². The smallest absolute Gasteiger partial charge is 0.221 e. The third kappa shape index (κ3) is 2.52. The van der Waals surface area contributed by atoms with Crippen molar-refractivity contribution < 1.29 is 9.15 Å². The Hall–Kier alpha value is -2.33. The fraction of sp³-hybridized carbons (Fsp3) is 0.381. The first-order chi connectivity index (χ1) is 12.3. The second-order valence-electron chi connectivity index (χ2n) is 7.26. The summed E-state index contributed by atoms with van der Waals surface area (Å²) in [6, 6.07) is 10.8. The van der Waals surface area contributed by atoms with E-state index >= 15 is 0 Å². The molecule has 25 heavy (non-hydrogen) atoms. The van der Waals surface area contributed by atoms with Crippen LogP contribution in [0.2, 0.25) is 0 Å². The molecule has 0 amide bonds. The van der Waals surface area contributed by atoms with E-state index in [1.165, 1.54) is 31.5 Å². The average Bonchev–Trinajstić information content (AvgIpc) is 3.09. The molecule has 3 fully saturated rings. The zero-order chi connectivity index (χ0) is 16.8. The lowest BCUT2D eigenvalue weighted by Gasteiger charge is -2.49. The Morgan fingerprint density at radius 3 is 2.76 bits per heavy atom. The lowest BCUT2D eigenvalue weighted by Crippen LogP contribution is -2.58. The molecule has 3 saturated heterocycles. The number of fused-ring (bicyclic) bond motifs is 4. The first-order valence-corrected chi connectivity index (χ1v) is 9.11.